The van der Waals surface area contributed by atoms with E-state index in [4.69, 9.17) is 14.6 Å². The van der Waals surface area contributed by atoms with E-state index < -0.39 is 12.3 Å². The van der Waals surface area contributed by atoms with Crippen LogP contribution in [0.3, 0.4) is 0 Å². The van der Waals surface area contributed by atoms with Gasteiger partial charge in [-0.3, -0.25) is 9.59 Å². The second-order valence-corrected chi connectivity index (χ2v) is 10.4. The van der Waals surface area contributed by atoms with Crippen LogP contribution in [0.4, 0.5) is 5.69 Å². The molecule has 3 aromatic rings. The first-order valence-corrected chi connectivity index (χ1v) is 13.9. The zero-order chi connectivity index (χ0) is 27.6. The van der Waals surface area contributed by atoms with Gasteiger partial charge in [-0.2, -0.15) is 0 Å². The number of amides is 1. The number of hydrogen-bond acceptors (Lipinski definition) is 9. The van der Waals surface area contributed by atoms with E-state index in [2.05, 4.69) is 20.8 Å². The number of ether oxygens (including phenoxy) is 2. The molecule has 1 amide bonds. The van der Waals surface area contributed by atoms with E-state index in [1.807, 2.05) is 48.5 Å². The van der Waals surface area contributed by atoms with Crippen molar-refractivity contribution in [3.8, 4) is 0 Å². The molecule has 4 rings (SSSR count). The molecule has 2 heterocycles. The van der Waals surface area contributed by atoms with E-state index in [1.54, 1.807) is 11.7 Å². The second-order valence-electron chi connectivity index (χ2n) is 9.37. The van der Waals surface area contributed by atoms with Crippen molar-refractivity contribution >= 4 is 29.3 Å². The number of aliphatic carboxylic acids is 1. The van der Waals surface area contributed by atoms with Gasteiger partial charge in [-0.1, -0.05) is 54.6 Å². The van der Waals surface area contributed by atoms with Gasteiger partial charge in [-0.05, 0) is 46.5 Å². The first-order chi connectivity index (χ1) is 18.9. The first kappa shape index (κ1) is 28.7. The lowest BCUT2D eigenvalue weighted by molar-refractivity contribution is -0.245. The summed E-state index contributed by atoms with van der Waals surface area (Å²) in [5.41, 5.74) is 3.24. The molecular formula is C27H33N5O6S. The Kier molecular flexibility index (Phi) is 10.4. The highest BCUT2D eigenvalue weighted by molar-refractivity contribution is 7.99. The zero-order valence-corrected chi connectivity index (χ0v) is 22.5. The number of anilines is 1. The van der Waals surface area contributed by atoms with E-state index in [9.17, 15) is 14.7 Å². The predicted molar refractivity (Wildman–Crippen MR) is 144 cm³/mol. The number of thioether (sulfide) groups is 1. The van der Waals surface area contributed by atoms with Crippen molar-refractivity contribution < 1.29 is 29.3 Å². The Morgan fingerprint density at radius 2 is 1.87 bits per heavy atom. The number of aliphatic hydroxyl groups is 1. The Bertz CT molecular complexity index is 1240. The van der Waals surface area contributed by atoms with Gasteiger partial charge in [0.1, 0.15) is 0 Å². The normalized spacial score (nSPS) is 19.1. The molecule has 0 bridgehead atoms. The molecule has 0 aliphatic carbocycles. The number of carboxylic acids is 1. The lowest BCUT2D eigenvalue weighted by atomic mass is 10.0. The van der Waals surface area contributed by atoms with Crippen molar-refractivity contribution in [3.63, 3.8) is 0 Å². The maximum Gasteiger partial charge on any atom is 0.303 e. The van der Waals surface area contributed by atoms with Gasteiger partial charge in [-0.25, -0.2) is 4.68 Å². The Morgan fingerprint density at radius 1 is 1.08 bits per heavy atom. The highest BCUT2D eigenvalue weighted by Gasteiger charge is 2.32. The highest BCUT2D eigenvalue weighted by atomic mass is 32.2. The van der Waals surface area contributed by atoms with E-state index in [0.29, 0.717) is 48.7 Å². The van der Waals surface area contributed by atoms with Gasteiger partial charge in [0.15, 0.2) is 6.29 Å². The molecule has 1 fully saturated rings. The minimum atomic E-state index is -0.820. The Balaban J connectivity index is 1.43. The highest BCUT2D eigenvalue weighted by Crippen LogP contribution is 2.39. The topological polar surface area (TPSA) is 149 Å². The molecule has 0 unspecified atom stereocenters. The summed E-state index contributed by atoms with van der Waals surface area (Å²) in [6, 6.07) is 15.1. The van der Waals surface area contributed by atoms with Gasteiger partial charge in [0.05, 0.1) is 18.8 Å². The van der Waals surface area contributed by atoms with Gasteiger partial charge < -0.3 is 25.0 Å². The largest absolute Gasteiger partial charge is 0.481 e. The zero-order valence-electron chi connectivity index (χ0n) is 21.7. The van der Waals surface area contributed by atoms with Gasteiger partial charge in [0.25, 0.3) is 0 Å². The van der Waals surface area contributed by atoms with Gasteiger partial charge in [0, 0.05) is 43.3 Å². The van der Waals surface area contributed by atoms with Gasteiger partial charge in [-0.15, -0.1) is 5.10 Å². The minimum absolute atomic E-state index is 0.0244. The fourth-order valence-corrected chi connectivity index (χ4v) is 5.13. The van der Waals surface area contributed by atoms with Crippen molar-refractivity contribution in [1.29, 1.82) is 0 Å². The third-order valence-corrected chi connectivity index (χ3v) is 7.47. The second kappa shape index (κ2) is 14.2. The number of unbranched alkanes of at least 4 members (excludes halogenated alkanes) is 2. The van der Waals surface area contributed by atoms with Crippen molar-refractivity contribution in [1.82, 2.24) is 20.2 Å². The van der Waals surface area contributed by atoms with Gasteiger partial charge in [0.2, 0.25) is 11.1 Å². The molecule has 39 heavy (non-hydrogen) atoms. The summed E-state index contributed by atoms with van der Waals surface area (Å²) in [5.74, 6) is -0.321. The molecule has 0 radical (unpaired) electrons. The number of tetrazole rings is 1. The average Bonchev–Trinajstić information content (AvgIpc) is 3.36. The summed E-state index contributed by atoms with van der Waals surface area (Å²) in [4.78, 5) is 23.1. The average molecular weight is 556 g/mol. The third-order valence-electron chi connectivity index (χ3n) is 6.33. The van der Waals surface area contributed by atoms with Crippen LogP contribution in [0.25, 0.3) is 0 Å². The van der Waals surface area contributed by atoms with Crippen LogP contribution in [0.1, 0.15) is 67.6 Å². The number of carboxylic acid groups (broad SMARTS) is 1. The Hall–Kier alpha value is -3.32. The van der Waals surface area contributed by atoms with Crippen molar-refractivity contribution in [2.75, 3.05) is 11.1 Å². The van der Waals surface area contributed by atoms with Gasteiger partial charge >= 0.3 is 5.97 Å². The fourth-order valence-electron chi connectivity index (χ4n) is 4.26. The van der Waals surface area contributed by atoms with Crippen LogP contribution in [0.5, 0.6) is 0 Å². The fraction of sp³-hybridized carbons (Fsp3) is 0.444. The van der Waals surface area contributed by atoms with Crippen LogP contribution in [-0.2, 0) is 32.7 Å². The third kappa shape index (κ3) is 8.59. The first-order valence-electron chi connectivity index (χ1n) is 12.9. The molecule has 0 saturated carbocycles. The van der Waals surface area contributed by atoms with Crippen LogP contribution >= 0.6 is 11.8 Å². The molecule has 1 aromatic heterocycles. The Morgan fingerprint density at radius 3 is 2.59 bits per heavy atom. The lowest BCUT2D eigenvalue weighted by Gasteiger charge is -2.36. The standard InChI is InChI=1S/C27H33N5O6S/c1-32-27(29-30-31-32)39-17-22-15-23(19-12-10-18(16-33)11-13-19)38-26(37-22)20-6-5-7-21(14-20)28-24(34)8-3-2-4-9-25(35)36/h5-7,10-14,22-23,26,33H,2-4,8-9,15-17H2,1H3,(H,28,34)(H,35,36)/t22-,23+,26+/m1/s1. The molecule has 1 aliphatic heterocycles. The molecule has 1 aliphatic rings. The van der Waals surface area contributed by atoms with E-state index in [1.165, 1.54) is 11.8 Å². The monoisotopic (exact) mass is 555 g/mol. The van der Waals surface area contributed by atoms with Crippen LogP contribution in [0, 0.1) is 0 Å². The molecule has 3 N–H and O–H groups in total. The number of carbonyl (C=O) groups excluding carboxylic acids is 1. The molecule has 208 valence electrons. The summed E-state index contributed by atoms with van der Waals surface area (Å²) in [7, 11) is 1.79. The number of nitrogens with zero attached hydrogens (tertiary/aromatic N) is 4. The number of benzene rings is 2. The van der Waals surface area contributed by atoms with Crippen LogP contribution in [0.15, 0.2) is 53.7 Å². The van der Waals surface area contributed by atoms with E-state index in [-0.39, 0.29) is 31.1 Å². The minimum Gasteiger partial charge on any atom is -0.481 e. The lowest BCUT2D eigenvalue weighted by Crippen LogP contribution is -2.31. The number of aliphatic hydroxyl groups excluding tert-OH is 1. The number of hydrogen-bond donors (Lipinski definition) is 3. The maximum absolute atomic E-state index is 12.4. The molecule has 12 heteroatoms. The number of aryl methyl sites for hydroxylation is 1. The summed E-state index contributed by atoms with van der Waals surface area (Å²) in [5, 5.41) is 33.4. The molecule has 11 nitrogen and oxygen atoms in total. The quantitative estimate of drug-likeness (QED) is 0.209. The molecule has 1 saturated heterocycles. The van der Waals surface area contributed by atoms with Crippen LogP contribution in [0.2, 0.25) is 0 Å². The maximum atomic E-state index is 12.4. The smallest absolute Gasteiger partial charge is 0.303 e. The SMILES string of the molecule is Cn1nnnc1SC[C@H]1C[C@@H](c2ccc(CO)cc2)O[C@@H](c2cccc(NC(=O)CCCCCC(=O)O)c2)O1. The van der Waals surface area contributed by atoms with Crippen molar-refractivity contribution in [2.24, 2.45) is 7.05 Å². The Labute approximate surface area is 230 Å². The van der Waals surface area contributed by atoms with Crippen LogP contribution in [-0.4, -0.2) is 54.2 Å². The number of carbonyl (C=O) groups is 2. The summed E-state index contributed by atoms with van der Waals surface area (Å²) >= 11 is 1.51. The number of rotatable bonds is 13. The van der Waals surface area contributed by atoms with E-state index >= 15 is 0 Å². The predicted octanol–water partition coefficient (Wildman–Crippen LogP) is 4.01. The number of nitrogens with one attached hydrogen (secondary N) is 1. The summed E-state index contributed by atoms with van der Waals surface area (Å²) in [6.45, 7) is -0.0244. The summed E-state index contributed by atoms with van der Waals surface area (Å²) in [6.07, 6.45) is 1.91. The van der Waals surface area contributed by atoms with E-state index in [0.717, 1.165) is 16.7 Å². The molecule has 0 spiro atoms. The van der Waals surface area contributed by atoms with Crippen LogP contribution < -0.4 is 5.32 Å². The summed E-state index contributed by atoms with van der Waals surface area (Å²) < 4.78 is 14.4. The van der Waals surface area contributed by atoms with Crippen molar-refractivity contribution in [3.05, 3.63) is 65.2 Å². The number of aromatic nitrogens is 4. The molecule has 3 atom stereocenters. The van der Waals surface area contributed by atoms with Crippen molar-refractivity contribution in [2.45, 2.75) is 68.8 Å². The molecular weight excluding hydrogens is 522 g/mol. The molecule has 2 aromatic carbocycles.